The van der Waals surface area contributed by atoms with Gasteiger partial charge in [-0.25, -0.2) is 4.39 Å². The Balaban J connectivity index is 1.61. The van der Waals surface area contributed by atoms with Crippen LogP contribution < -0.4 is 5.32 Å². The first-order valence-corrected chi connectivity index (χ1v) is 8.44. The van der Waals surface area contributed by atoms with Gasteiger partial charge in [-0.3, -0.25) is 9.48 Å². The van der Waals surface area contributed by atoms with Gasteiger partial charge in [0.05, 0.1) is 18.4 Å². The monoisotopic (exact) mass is 367 g/mol. The van der Waals surface area contributed by atoms with E-state index in [-0.39, 0.29) is 18.3 Å². The number of hydrogen-bond donors (Lipinski definition) is 2. The third kappa shape index (κ3) is 4.56. The molecule has 1 aromatic heterocycles. The smallest absolute Gasteiger partial charge is 0.253 e. The van der Waals surface area contributed by atoms with E-state index in [1.807, 2.05) is 0 Å². The van der Waals surface area contributed by atoms with E-state index in [0.717, 1.165) is 0 Å². The lowest BCUT2D eigenvalue weighted by Crippen LogP contribution is -2.37. The van der Waals surface area contributed by atoms with Gasteiger partial charge >= 0.3 is 0 Å². The number of nitrogens with one attached hydrogen (secondary N) is 1. The van der Waals surface area contributed by atoms with Gasteiger partial charge in [-0.2, -0.15) is 5.10 Å². The second-order valence-corrected chi connectivity index (χ2v) is 6.45. The molecule has 1 atom stereocenters. The summed E-state index contributed by atoms with van der Waals surface area (Å²) in [7, 11) is 0. The summed E-state index contributed by atoms with van der Waals surface area (Å²) in [6.45, 7) is 1.39. The van der Waals surface area contributed by atoms with Crippen molar-refractivity contribution in [3.8, 4) is 0 Å². The van der Waals surface area contributed by atoms with E-state index in [2.05, 4.69) is 10.4 Å². The average Bonchev–Trinajstić information content (AvgIpc) is 3.05. The van der Waals surface area contributed by atoms with Crippen molar-refractivity contribution in [3.05, 3.63) is 47.0 Å². The van der Waals surface area contributed by atoms with Gasteiger partial charge in [0.2, 0.25) is 0 Å². The van der Waals surface area contributed by atoms with Crippen LogP contribution in [-0.4, -0.2) is 40.1 Å². The molecule has 2 heterocycles. The predicted molar refractivity (Wildman–Crippen MR) is 90.9 cm³/mol. The molecule has 1 aliphatic rings. The quantitative estimate of drug-likeness (QED) is 0.851. The van der Waals surface area contributed by atoms with Crippen LogP contribution in [0.1, 0.15) is 18.4 Å². The molecule has 0 saturated carbocycles. The van der Waals surface area contributed by atoms with Crippen LogP contribution in [0.2, 0.25) is 5.02 Å². The number of hydrogen-bond acceptors (Lipinski definition) is 4. The summed E-state index contributed by atoms with van der Waals surface area (Å²) in [5.41, 5.74) is 1.05. The molecular weight excluding hydrogens is 349 g/mol. The minimum absolute atomic E-state index is 0.102. The SMILES string of the molecule is O=C(Nc1cnn(Cc2cc(F)ccc2Cl)c1)C(O)C1CCOCC1. The Hall–Kier alpha value is -1.96. The molecule has 1 fully saturated rings. The van der Waals surface area contributed by atoms with Crippen molar-refractivity contribution in [3.63, 3.8) is 0 Å². The van der Waals surface area contributed by atoms with Crippen LogP contribution in [-0.2, 0) is 16.1 Å². The summed E-state index contributed by atoms with van der Waals surface area (Å²) < 4.78 is 20.1. The van der Waals surface area contributed by atoms with Crippen LogP contribution in [0.3, 0.4) is 0 Å². The number of aliphatic hydroxyl groups excluding tert-OH is 1. The fourth-order valence-electron chi connectivity index (χ4n) is 2.82. The maximum atomic E-state index is 13.3. The lowest BCUT2D eigenvalue weighted by atomic mass is 9.93. The van der Waals surface area contributed by atoms with Gasteiger partial charge in [-0.15, -0.1) is 0 Å². The second kappa shape index (κ2) is 7.95. The van der Waals surface area contributed by atoms with Crippen molar-refractivity contribution in [1.29, 1.82) is 0 Å². The first-order valence-electron chi connectivity index (χ1n) is 8.06. The zero-order valence-electron chi connectivity index (χ0n) is 13.5. The van der Waals surface area contributed by atoms with Crippen LogP contribution in [0.5, 0.6) is 0 Å². The van der Waals surface area contributed by atoms with Crippen LogP contribution >= 0.6 is 11.6 Å². The summed E-state index contributed by atoms with van der Waals surface area (Å²) in [5.74, 6) is -0.940. The Morgan fingerprint density at radius 3 is 3.00 bits per heavy atom. The molecule has 0 aliphatic carbocycles. The number of carbonyl (C=O) groups is 1. The van der Waals surface area contributed by atoms with Crippen LogP contribution in [0.4, 0.5) is 10.1 Å². The molecule has 1 aromatic carbocycles. The number of ether oxygens (including phenoxy) is 1. The zero-order valence-corrected chi connectivity index (χ0v) is 14.2. The highest BCUT2D eigenvalue weighted by molar-refractivity contribution is 6.31. The summed E-state index contributed by atoms with van der Waals surface area (Å²) >= 11 is 6.04. The van der Waals surface area contributed by atoms with Crippen molar-refractivity contribution in [1.82, 2.24) is 9.78 Å². The molecule has 2 N–H and O–H groups in total. The molecule has 25 heavy (non-hydrogen) atoms. The first-order chi connectivity index (χ1) is 12.0. The number of halogens is 2. The number of benzene rings is 1. The second-order valence-electron chi connectivity index (χ2n) is 6.05. The predicted octanol–water partition coefficient (Wildman–Crippen LogP) is 2.45. The van der Waals surface area contributed by atoms with Gasteiger partial charge in [0.15, 0.2) is 0 Å². The molecule has 8 heteroatoms. The third-order valence-electron chi connectivity index (χ3n) is 4.22. The molecule has 1 amide bonds. The molecule has 1 aliphatic heterocycles. The zero-order chi connectivity index (χ0) is 17.8. The van der Waals surface area contributed by atoms with Gasteiger partial charge in [0.25, 0.3) is 5.91 Å². The fourth-order valence-corrected chi connectivity index (χ4v) is 2.99. The highest BCUT2D eigenvalue weighted by Crippen LogP contribution is 2.21. The number of aromatic nitrogens is 2. The largest absolute Gasteiger partial charge is 0.383 e. The number of amides is 1. The van der Waals surface area contributed by atoms with Crippen molar-refractivity contribution < 1.29 is 19.0 Å². The van der Waals surface area contributed by atoms with E-state index in [1.165, 1.54) is 29.1 Å². The molecule has 0 bridgehead atoms. The Bertz CT molecular complexity index is 746. The Morgan fingerprint density at radius 2 is 2.24 bits per heavy atom. The van der Waals surface area contributed by atoms with E-state index >= 15 is 0 Å². The van der Waals surface area contributed by atoms with Crippen molar-refractivity contribution >= 4 is 23.2 Å². The third-order valence-corrected chi connectivity index (χ3v) is 4.59. The number of rotatable bonds is 5. The van der Waals surface area contributed by atoms with E-state index in [4.69, 9.17) is 16.3 Å². The fraction of sp³-hybridized carbons (Fsp3) is 0.412. The lowest BCUT2D eigenvalue weighted by Gasteiger charge is -2.25. The van der Waals surface area contributed by atoms with Gasteiger partial charge in [-0.05, 0) is 42.5 Å². The number of carbonyl (C=O) groups excluding carboxylic acids is 1. The standard InChI is InChI=1S/C17H19ClFN3O3/c18-15-2-1-13(19)7-12(15)9-22-10-14(8-20-22)21-17(24)16(23)11-3-5-25-6-4-11/h1-2,7-8,10-11,16,23H,3-6,9H2,(H,21,24). The van der Waals surface area contributed by atoms with Gasteiger partial charge in [0, 0.05) is 24.4 Å². The van der Waals surface area contributed by atoms with Gasteiger partial charge in [0.1, 0.15) is 11.9 Å². The Morgan fingerprint density at radius 1 is 1.48 bits per heavy atom. The Kier molecular flexibility index (Phi) is 5.67. The van der Waals surface area contributed by atoms with Gasteiger partial charge < -0.3 is 15.2 Å². The Labute approximate surface area is 149 Å². The molecule has 134 valence electrons. The molecule has 3 rings (SSSR count). The van der Waals surface area contributed by atoms with Crippen LogP contribution in [0.25, 0.3) is 0 Å². The van der Waals surface area contributed by atoms with E-state index in [0.29, 0.717) is 42.3 Å². The summed E-state index contributed by atoms with van der Waals surface area (Å²) in [4.78, 5) is 12.2. The van der Waals surface area contributed by atoms with Crippen molar-refractivity contribution in [2.24, 2.45) is 5.92 Å². The molecule has 1 saturated heterocycles. The highest BCUT2D eigenvalue weighted by Gasteiger charge is 2.28. The molecule has 0 radical (unpaired) electrons. The molecule has 2 aromatic rings. The van der Waals surface area contributed by atoms with E-state index in [1.54, 1.807) is 6.20 Å². The summed E-state index contributed by atoms with van der Waals surface area (Å²) in [6, 6.07) is 4.12. The minimum atomic E-state index is -1.08. The summed E-state index contributed by atoms with van der Waals surface area (Å²) in [6.07, 6.45) is 3.32. The average molecular weight is 368 g/mol. The topological polar surface area (TPSA) is 76.4 Å². The van der Waals surface area contributed by atoms with Crippen LogP contribution in [0, 0.1) is 11.7 Å². The maximum Gasteiger partial charge on any atom is 0.253 e. The minimum Gasteiger partial charge on any atom is -0.383 e. The van der Waals surface area contributed by atoms with Crippen LogP contribution in [0.15, 0.2) is 30.6 Å². The number of nitrogens with zero attached hydrogens (tertiary/aromatic N) is 2. The lowest BCUT2D eigenvalue weighted by molar-refractivity contribution is -0.128. The van der Waals surface area contributed by atoms with Crippen molar-refractivity contribution in [2.45, 2.75) is 25.5 Å². The van der Waals surface area contributed by atoms with Crippen molar-refractivity contribution in [2.75, 3.05) is 18.5 Å². The van der Waals surface area contributed by atoms with E-state index in [9.17, 15) is 14.3 Å². The number of aliphatic hydroxyl groups is 1. The molecule has 1 unspecified atom stereocenters. The summed E-state index contributed by atoms with van der Waals surface area (Å²) in [5, 5.41) is 17.4. The normalized spacial score (nSPS) is 16.6. The van der Waals surface area contributed by atoms with Gasteiger partial charge in [-0.1, -0.05) is 11.6 Å². The molecule has 6 nitrogen and oxygen atoms in total. The molecular formula is C17H19ClFN3O3. The molecule has 0 spiro atoms. The highest BCUT2D eigenvalue weighted by atomic mass is 35.5. The number of anilines is 1. The maximum absolute atomic E-state index is 13.3. The first kappa shape index (κ1) is 17.8. The van der Waals surface area contributed by atoms with E-state index < -0.39 is 12.0 Å².